The quantitative estimate of drug-likeness (QED) is 0.774. The van der Waals surface area contributed by atoms with Crippen molar-refractivity contribution in [3.05, 3.63) is 30.3 Å². The topological polar surface area (TPSA) is 35.2 Å². The van der Waals surface area contributed by atoms with Crippen molar-refractivity contribution in [2.75, 3.05) is 13.2 Å². The highest BCUT2D eigenvalue weighted by atomic mass is 16.5. The molecule has 0 spiro atoms. The van der Waals surface area contributed by atoms with Crippen LogP contribution in [0.1, 0.15) is 19.3 Å². The molecule has 0 bridgehead atoms. The number of ether oxygens (including phenoxy) is 1. The Morgan fingerprint density at radius 3 is 2.50 bits per heavy atom. The van der Waals surface area contributed by atoms with E-state index < -0.39 is 0 Å². The molecule has 2 nitrogen and oxygen atoms in total. The molecule has 0 unspecified atom stereocenters. The maximum Gasteiger partial charge on any atom is 0.119 e. The molecule has 76 valence electrons. The van der Waals surface area contributed by atoms with Crippen LogP contribution in [0.15, 0.2) is 30.3 Å². The summed E-state index contributed by atoms with van der Waals surface area (Å²) in [6.07, 6.45) is 3.65. The van der Waals surface area contributed by atoms with Gasteiger partial charge in [0.15, 0.2) is 0 Å². The van der Waals surface area contributed by atoms with Crippen molar-refractivity contribution in [3.63, 3.8) is 0 Å². The van der Waals surface area contributed by atoms with Crippen LogP contribution in [-0.4, -0.2) is 13.2 Å². The van der Waals surface area contributed by atoms with Gasteiger partial charge in [0.05, 0.1) is 6.61 Å². The van der Waals surface area contributed by atoms with Gasteiger partial charge in [0, 0.05) is 0 Å². The number of hydrogen-bond acceptors (Lipinski definition) is 2. The molecule has 0 aromatic heterocycles. The second-order valence-corrected chi connectivity index (χ2v) is 4.12. The summed E-state index contributed by atoms with van der Waals surface area (Å²) >= 11 is 0. The Bertz CT molecular complexity index is 280. The maximum absolute atomic E-state index is 5.69. The minimum absolute atomic E-state index is 0.425. The van der Waals surface area contributed by atoms with Gasteiger partial charge in [0.1, 0.15) is 5.75 Å². The lowest BCUT2D eigenvalue weighted by Gasteiger charge is -2.12. The molecule has 2 heteroatoms. The smallest absolute Gasteiger partial charge is 0.119 e. The van der Waals surface area contributed by atoms with Crippen LogP contribution in [0.3, 0.4) is 0 Å². The van der Waals surface area contributed by atoms with E-state index in [9.17, 15) is 0 Å². The van der Waals surface area contributed by atoms with E-state index in [0.29, 0.717) is 5.41 Å². The summed E-state index contributed by atoms with van der Waals surface area (Å²) in [5.74, 6) is 0.959. The monoisotopic (exact) mass is 191 g/mol. The molecule has 1 aromatic rings. The summed E-state index contributed by atoms with van der Waals surface area (Å²) in [6, 6.07) is 9.95. The Morgan fingerprint density at radius 2 is 1.93 bits per heavy atom. The molecule has 0 amide bonds. The highest BCUT2D eigenvalue weighted by molar-refractivity contribution is 5.20. The lowest BCUT2D eigenvalue weighted by Crippen LogP contribution is -2.18. The molecular weight excluding hydrogens is 174 g/mol. The Labute approximate surface area is 85.1 Å². The predicted octanol–water partition coefficient (Wildman–Crippen LogP) is 2.19. The normalized spacial score (nSPS) is 17.8. The second kappa shape index (κ2) is 4.01. The van der Waals surface area contributed by atoms with Gasteiger partial charge in [0.25, 0.3) is 0 Å². The van der Waals surface area contributed by atoms with Crippen LogP contribution in [-0.2, 0) is 0 Å². The first-order valence-corrected chi connectivity index (χ1v) is 5.23. The van der Waals surface area contributed by atoms with Crippen LogP contribution in [0, 0.1) is 5.41 Å². The van der Waals surface area contributed by atoms with E-state index >= 15 is 0 Å². The molecule has 0 aliphatic heterocycles. The molecule has 1 aliphatic carbocycles. The highest BCUT2D eigenvalue weighted by Crippen LogP contribution is 2.47. The van der Waals surface area contributed by atoms with Crippen molar-refractivity contribution in [2.24, 2.45) is 11.1 Å². The molecule has 1 fully saturated rings. The van der Waals surface area contributed by atoms with Gasteiger partial charge in [0.2, 0.25) is 0 Å². The van der Waals surface area contributed by atoms with Crippen LogP contribution in [0.25, 0.3) is 0 Å². The van der Waals surface area contributed by atoms with E-state index in [1.807, 2.05) is 30.3 Å². The van der Waals surface area contributed by atoms with E-state index in [1.54, 1.807) is 0 Å². The summed E-state index contributed by atoms with van der Waals surface area (Å²) < 4.78 is 5.63. The number of nitrogens with two attached hydrogens (primary N) is 1. The third-order valence-electron chi connectivity index (χ3n) is 3.03. The number of para-hydroxylation sites is 1. The van der Waals surface area contributed by atoms with Crippen molar-refractivity contribution in [2.45, 2.75) is 19.3 Å². The highest BCUT2D eigenvalue weighted by Gasteiger charge is 2.40. The third kappa shape index (κ3) is 2.26. The number of hydrogen-bond donors (Lipinski definition) is 1. The summed E-state index contributed by atoms with van der Waals surface area (Å²) in [5, 5.41) is 0. The van der Waals surface area contributed by atoms with Gasteiger partial charge < -0.3 is 10.5 Å². The first kappa shape index (κ1) is 9.53. The van der Waals surface area contributed by atoms with Crippen LogP contribution in [0.2, 0.25) is 0 Å². The zero-order chi connectivity index (χ0) is 9.86. The molecule has 1 aromatic carbocycles. The fraction of sp³-hybridized carbons (Fsp3) is 0.500. The van der Waals surface area contributed by atoms with Gasteiger partial charge in [-0.2, -0.15) is 0 Å². The Morgan fingerprint density at radius 1 is 1.21 bits per heavy atom. The molecule has 1 aliphatic rings. The lowest BCUT2D eigenvalue weighted by molar-refractivity contribution is 0.271. The maximum atomic E-state index is 5.69. The van der Waals surface area contributed by atoms with E-state index in [0.717, 1.165) is 25.3 Å². The Balaban J connectivity index is 1.73. The van der Waals surface area contributed by atoms with E-state index in [4.69, 9.17) is 10.5 Å². The van der Waals surface area contributed by atoms with E-state index in [2.05, 4.69) is 0 Å². The SMILES string of the molecule is NCC1(CCOc2ccccc2)CC1. The van der Waals surface area contributed by atoms with Gasteiger partial charge >= 0.3 is 0 Å². The van der Waals surface area contributed by atoms with Gasteiger partial charge in [-0.05, 0) is 43.4 Å². The molecule has 0 saturated heterocycles. The molecule has 0 heterocycles. The van der Waals surface area contributed by atoms with Crippen LogP contribution in [0.4, 0.5) is 0 Å². The van der Waals surface area contributed by atoms with Crippen LogP contribution in [0.5, 0.6) is 5.75 Å². The van der Waals surface area contributed by atoms with Crippen molar-refractivity contribution < 1.29 is 4.74 Å². The summed E-state index contributed by atoms with van der Waals surface area (Å²) in [7, 11) is 0. The zero-order valence-corrected chi connectivity index (χ0v) is 8.41. The molecule has 0 radical (unpaired) electrons. The first-order chi connectivity index (χ1) is 6.85. The molecule has 2 N–H and O–H groups in total. The first-order valence-electron chi connectivity index (χ1n) is 5.23. The number of rotatable bonds is 5. The van der Waals surface area contributed by atoms with E-state index in [1.165, 1.54) is 12.8 Å². The Hall–Kier alpha value is -1.02. The van der Waals surface area contributed by atoms with Crippen LogP contribution < -0.4 is 10.5 Å². The van der Waals surface area contributed by atoms with Gasteiger partial charge in [-0.1, -0.05) is 18.2 Å². The fourth-order valence-electron chi connectivity index (χ4n) is 1.64. The fourth-order valence-corrected chi connectivity index (χ4v) is 1.64. The molecule has 0 atom stereocenters. The largest absolute Gasteiger partial charge is 0.494 e. The minimum Gasteiger partial charge on any atom is -0.494 e. The Kier molecular flexibility index (Phi) is 2.73. The van der Waals surface area contributed by atoms with Crippen molar-refractivity contribution in [3.8, 4) is 5.75 Å². The molecule has 1 saturated carbocycles. The predicted molar refractivity (Wildman–Crippen MR) is 57.3 cm³/mol. The van der Waals surface area contributed by atoms with Crippen molar-refractivity contribution >= 4 is 0 Å². The van der Waals surface area contributed by atoms with E-state index in [-0.39, 0.29) is 0 Å². The average Bonchev–Trinajstić information content (AvgIpc) is 3.00. The van der Waals surface area contributed by atoms with Crippen molar-refractivity contribution in [1.29, 1.82) is 0 Å². The van der Waals surface area contributed by atoms with Gasteiger partial charge in [-0.3, -0.25) is 0 Å². The number of benzene rings is 1. The second-order valence-electron chi connectivity index (χ2n) is 4.12. The summed E-state index contributed by atoms with van der Waals surface area (Å²) in [6.45, 7) is 1.60. The average molecular weight is 191 g/mol. The zero-order valence-electron chi connectivity index (χ0n) is 8.41. The molecule has 14 heavy (non-hydrogen) atoms. The van der Waals surface area contributed by atoms with Crippen molar-refractivity contribution in [1.82, 2.24) is 0 Å². The minimum atomic E-state index is 0.425. The standard InChI is InChI=1S/C12H17NO/c13-10-12(6-7-12)8-9-14-11-4-2-1-3-5-11/h1-5H,6-10,13H2. The van der Waals surface area contributed by atoms with Crippen LogP contribution >= 0.6 is 0 Å². The molecule has 2 rings (SSSR count). The van der Waals surface area contributed by atoms with Gasteiger partial charge in [-0.15, -0.1) is 0 Å². The van der Waals surface area contributed by atoms with Gasteiger partial charge in [-0.25, -0.2) is 0 Å². The summed E-state index contributed by atoms with van der Waals surface area (Å²) in [4.78, 5) is 0. The molecular formula is C12H17NO. The third-order valence-corrected chi connectivity index (χ3v) is 3.03. The summed E-state index contributed by atoms with van der Waals surface area (Å²) in [5.41, 5.74) is 6.12. The lowest BCUT2D eigenvalue weighted by atomic mass is 10.0.